The molecule has 0 saturated carbocycles. The molecule has 0 spiro atoms. The number of sulfonamides is 1. The molecule has 4 nitrogen and oxygen atoms in total. The highest BCUT2D eigenvalue weighted by Gasteiger charge is 2.21. The molecule has 0 saturated heterocycles. The highest BCUT2D eigenvalue weighted by atomic mass is 32.2. The molecule has 0 aromatic carbocycles. The Bertz CT molecular complexity index is 401. The zero-order valence-electron chi connectivity index (χ0n) is 9.21. The van der Waals surface area contributed by atoms with Crippen LogP contribution in [0.15, 0.2) is 24.5 Å². The molecule has 84 valence electrons. The Balaban J connectivity index is 2.77. The Labute approximate surface area is 91.0 Å². The minimum Gasteiger partial charge on any atom is -0.264 e. The smallest absolute Gasteiger partial charge is 0.216 e. The molecule has 0 bridgehead atoms. The minimum atomic E-state index is -3.17. The van der Waals surface area contributed by atoms with Crippen molar-refractivity contribution in [2.75, 3.05) is 7.05 Å². The van der Waals surface area contributed by atoms with Gasteiger partial charge in [-0.15, -0.1) is 0 Å². The van der Waals surface area contributed by atoms with Crippen molar-refractivity contribution in [1.82, 2.24) is 9.29 Å². The van der Waals surface area contributed by atoms with Crippen LogP contribution in [-0.4, -0.2) is 30.0 Å². The van der Waals surface area contributed by atoms with E-state index >= 15 is 0 Å². The predicted octanol–water partition coefficient (Wildman–Crippen LogP) is 1.25. The second kappa shape index (κ2) is 4.72. The van der Waals surface area contributed by atoms with Crippen molar-refractivity contribution in [3.05, 3.63) is 30.1 Å². The molecular formula is C10H16N2O2S. The lowest BCUT2D eigenvalue weighted by molar-refractivity contribution is 0.459. The monoisotopic (exact) mass is 228 g/mol. The van der Waals surface area contributed by atoms with E-state index in [9.17, 15) is 8.42 Å². The maximum atomic E-state index is 11.7. The average Bonchev–Trinajstić information content (AvgIpc) is 2.18. The first kappa shape index (κ1) is 12.1. The van der Waals surface area contributed by atoms with Crippen LogP contribution < -0.4 is 0 Å². The molecule has 0 unspecified atom stereocenters. The van der Waals surface area contributed by atoms with Crippen molar-refractivity contribution in [3.63, 3.8) is 0 Å². The van der Waals surface area contributed by atoms with Crippen LogP contribution in [0.3, 0.4) is 0 Å². The summed E-state index contributed by atoms with van der Waals surface area (Å²) in [5.74, 6) is 0. The fourth-order valence-electron chi connectivity index (χ4n) is 1.20. The molecule has 1 heterocycles. The van der Waals surface area contributed by atoms with E-state index in [2.05, 4.69) is 4.98 Å². The van der Waals surface area contributed by atoms with Gasteiger partial charge in [-0.25, -0.2) is 12.7 Å². The molecule has 1 aromatic heterocycles. The summed E-state index contributed by atoms with van der Waals surface area (Å²) in [6, 6.07) is 3.66. The van der Waals surface area contributed by atoms with Crippen LogP contribution in [0.4, 0.5) is 0 Å². The van der Waals surface area contributed by atoms with Crippen LogP contribution in [0.2, 0.25) is 0 Å². The van der Waals surface area contributed by atoms with Gasteiger partial charge < -0.3 is 0 Å². The molecule has 15 heavy (non-hydrogen) atoms. The van der Waals surface area contributed by atoms with E-state index in [0.717, 1.165) is 5.56 Å². The first-order valence-electron chi connectivity index (χ1n) is 4.78. The molecular weight excluding hydrogens is 212 g/mol. The maximum Gasteiger partial charge on any atom is 0.216 e. The second-order valence-electron chi connectivity index (χ2n) is 3.71. The van der Waals surface area contributed by atoms with Crippen molar-refractivity contribution in [2.45, 2.75) is 25.6 Å². The summed E-state index contributed by atoms with van der Waals surface area (Å²) in [7, 11) is -1.58. The van der Waals surface area contributed by atoms with Gasteiger partial charge in [-0.05, 0) is 25.5 Å². The van der Waals surface area contributed by atoms with Gasteiger partial charge in [-0.1, -0.05) is 6.07 Å². The quantitative estimate of drug-likeness (QED) is 0.779. The fraction of sp³-hybridized carbons (Fsp3) is 0.500. The van der Waals surface area contributed by atoms with Gasteiger partial charge in [0.25, 0.3) is 0 Å². The van der Waals surface area contributed by atoms with E-state index in [1.807, 2.05) is 6.07 Å². The Morgan fingerprint density at radius 1 is 1.47 bits per heavy atom. The minimum absolute atomic E-state index is 0.369. The summed E-state index contributed by atoms with van der Waals surface area (Å²) in [4.78, 5) is 3.94. The summed E-state index contributed by atoms with van der Waals surface area (Å²) in [6.07, 6.45) is 3.34. The van der Waals surface area contributed by atoms with E-state index in [1.54, 1.807) is 39.4 Å². The Hall–Kier alpha value is -0.940. The van der Waals surface area contributed by atoms with Gasteiger partial charge in [-0.3, -0.25) is 4.98 Å². The van der Waals surface area contributed by atoms with Gasteiger partial charge in [0.15, 0.2) is 0 Å². The highest BCUT2D eigenvalue weighted by Crippen LogP contribution is 2.10. The third-order valence-electron chi connectivity index (χ3n) is 2.16. The van der Waals surface area contributed by atoms with E-state index in [1.165, 1.54) is 4.31 Å². The van der Waals surface area contributed by atoms with E-state index in [0.29, 0.717) is 6.54 Å². The van der Waals surface area contributed by atoms with Gasteiger partial charge in [-0.2, -0.15) is 0 Å². The van der Waals surface area contributed by atoms with E-state index in [-0.39, 0.29) is 5.25 Å². The van der Waals surface area contributed by atoms with E-state index < -0.39 is 10.0 Å². The molecule has 1 aromatic rings. The first-order chi connectivity index (χ1) is 6.94. The maximum absolute atomic E-state index is 11.7. The number of pyridine rings is 1. The van der Waals surface area contributed by atoms with Gasteiger partial charge in [0.1, 0.15) is 0 Å². The van der Waals surface area contributed by atoms with Crippen LogP contribution in [0, 0.1) is 0 Å². The zero-order chi connectivity index (χ0) is 11.5. The number of hydrogen-bond acceptors (Lipinski definition) is 3. The third kappa shape index (κ3) is 3.00. The molecule has 5 heteroatoms. The molecule has 0 amide bonds. The van der Waals surface area contributed by atoms with Gasteiger partial charge in [0, 0.05) is 26.0 Å². The van der Waals surface area contributed by atoms with Crippen molar-refractivity contribution in [1.29, 1.82) is 0 Å². The van der Waals surface area contributed by atoms with Crippen LogP contribution >= 0.6 is 0 Å². The Morgan fingerprint density at radius 2 is 2.13 bits per heavy atom. The summed E-state index contributed by atoms with van der Waals surface area (Å²) in [5.41, 5.74) is 0.893. The molecule has 0 fully saturated rings. The highest BCUT2D eigenvalue weighted by molar-refractivity contribution is 7.89. The van der Waals surface area contributed by atoms with Gasteiger partial charge in [0.2, 0.25) is 10.0 Å². The lowest BCUT2D eigenvalue weighted by Crippen LogP contribution is -2.32. The van der Waals surface area contributed by atoms with Crippen LogP contribution in [0.5, 0.6) is 0 Å². The lowest BCUT2D eigenvalue weighted by atomic mass is 10.3. The van der Waals surface area contributed by atoms with Crippen molar-refractivity contribution in [3.8, 4) is 0 Å². The van der Waals surface area contributed by atoms with Crippen molar-refractivity contribution < 1.29 is 8.42 Å². The Kier molecular flexibility index (Phi) is 3.82. The molecule has 0 aliphatic heterocycles. The summed E-state index contributed by atoms with van der Waals surface area (Å²) in [5, 5.41) is -0.390. The molecule has 0 radical (unpaired) electrons. The largest absolute Gasteiger partial charge is 0.264 e. The molecule has 0 aliphatic carbocycles. The SMILES string of the molecule is CC(C)S(=O)(=O)N(C)Cc1cccnc1. The third-order valence-corrected chi connectivity index (χ3v) is 4.35. The van der Waals surface area contributed by atoms with Gasteiger partial charge >= 0.3 is 0 Å². The summed E-state index contributed by atoms with van der Waals surface area (Å²) < 4.78 is 24.8. The predicted molar refractivity (Wildman–Crippen MR) is 59.8 cm³/mol. The fourth-order valence-corrected chi connectivity index (χ4v) is 2.25. The average molecular weight is 228 g/mol. The number of nitrogens with zero attached hydrogens (tertiary/aromatic N) is 2. The van der Waals surface area contributed by atoms with Crippen molar-refractivity contribution >= 4 is 10.0 Å². The summed E-state index contributed by atoms with van der Waals surface area (Å²) in [6.45, 7) is 3.72. The molecule has 0 atom stereocenters. The molecule has 1 rings (SSSR count). The van der Waals surface area contributed by atoms with Crippen LogP contribution in [0.25, 0.3) is 0 Å². The van der Waals surface area contributed by atoms with Crippen molar-refractivity contribution in [2.24, 2.45) is 0 Å². The summed E-state index contributed by atoms with van der Waals surface area (Å²) >= 11 is 0. The molecule has 0 aliphatic rings. The Morgan fingerprint density at radius 3 is 2.60 bits per heavy atom. The van der Waals surface area contributed by atoms with Crippen LogP contribution in [0.1, 0.15) is 19.4 Å². The first-order valence-corrected chi connectivity index (χ1v) is 6.29. The zero-order valence-corrected chi connectivity index (χ0v) is 10.0. The topological polar surface area (TPSA) is 50.3 Å². The lowest BCUT2D eigenvalue weighted by Gasteiger charge is -2.19. The number of hydrogen-bond donors (Lipinski definition) is 0. The molecule has 0 N–H and O–H groups in total. The normalized spacial score (nSPS) is 12.3. The van der Waals surface area contributed by atoms with Crippen LogP contribution in [-0.2, 0) is 16.6 Å². The van der Waals surface area contributed by atoms with E-state index in [4.69, 9.17) is 0 Å². The number of aromatic nitrogens is 1. The number of rotatable bonds is 4. The second-order valence-corrected chi connectivity index (χ2v) is 6.31. The van der Waals surface area contributed by atoms with Gasteiger partial charge in [0.05, 0.1) is 5.25 Å². The standard InChI is InChI=1S/C10H16N2O2S/c1-9(2)15(13,14)12(3)8-10-5-4-6-11-7-10/h4-7,9H,8H2,1-3H3.